The van der Waals surface area contributed by atoms with E-state index in [0.717, 1.165) is 13.1 Å². The van der Waals surface area contributed by atoms with Crippen molar-refractivity contribution in [3.63, 3.8) is 0 Å². The summed E-state index contributed by atoms with van der Waals surface area (Å²) in [5.41, 5.74) is 1.35. The van der Waals surface area contributed by atoms with E-state index in [1.54, 1.807) is 0 Å². The number of nitrogens with one attached hydrogen (secondary N) is 2. The highest BCUT2D eigenvalue weighted by Gasteiger charge is 2.32. The molecule has 0 atom stereocenters. The van der Waals surface area contributed by atoms with Crippen LogP contribution in [0, 0.1) is 0 Å². The third-order valence-electron chi connectivity index (χ3n) is 8.42. The molecule has 0 saturated carbocycles. The molecule has 0 heterocycles. The Balaban J connectivity index is 4.05. The molecule has 0 aliphatic rings. The summed E-state index contributed by atoms with van der Waals surface area (Å²) in [6.07, 6.45) is 12.8. The lowest BCUT2D eigenvalue weighted by Crippen LogP contribution is -2.52. The summed E-state index contributed by atoms with van der Waals surface area (Å²) in [6, 6.07) is 0. The Bertz CT molecular complexity index is 566. The molecule has 0 fully saturated rings. The molecular weight excluding hydrogens is 488 g/mol. The van der Waals surface area contributed by atoms with Crippen LogP contribution in [0.25, 0.3) is 0 Å². The first kappa shape index (κ1) is 39.8. The summed E-state index contributed by atoms with van der Waals surface area (Å²) in [7, 11) is 0. The number of unbranched alkanes of at least 4 members (excludes halogenated alkanes) is 5. The third-order valence-corrected chi connectivity index (χ3v) is 8.42. The van der Waals surface area contributed by atoms with Gasteiger partial charge in [0, 0.05) is 33.2 Å². The molecule has 4 nitrogen and oxygen atoms in total. The first-order chi connectivity index (χ1) is 17.9. The molecule has 2 N–H and O–H groups in total. The minimum Gasteiger partial charge on any atom is -0.312 e. The van der Waals surface area contributed by atoms with E-state index in [0.29, 0.717) is 0 Å². The van der Waals surface area contributed by atoms with Crippen LogP contribution in [0.3, 0.4) is 0 Å². The summed E-state index contributed by atoms with van der Waals surface area (Å²) >= 11 is 0. The zero-order valence-corrected chi connectivity index (χ0v) is 30.8. The quantitative estimate of drug-likeness (QED) is 0.152. The van der Waals surface area contributed by atoms with Crippen LogP contribution in [0.5, 0.6) is 0 Å². The fourth-order valence-electron chi connectivity index (χ4n) is 6.66. The van der Waals surface area contributed by atoms with E-state index in [2.05, 4.69) is 131 Å². The van der Waals surface area contributed by atoms with E-state index < -0.39 is 0 Å². The molecule has 0 aromatic heterocycles. The largest absolute Gasteiger partial charge is 0.312 e. The fraction of sp³-hybridized carbons (Fsp3) is 1.00. The van der Waals surface area contributed by atoms with Crippen molar-refractivity contribution in [1.82, 2.24) is 20.4 Å². The van der Waals surface area contributed by atoms with Crippen LogP contribution >= 0.6 is 0 Å². The van der Waals surface area contributed by atoms with E-state index in [-0.39, 0.29) is 33.2 Å². The molecule has 0 aromatic carbocycles. The van der Waals surface area contributed by atoms with Gasteiger partial charge in [0.25, 0.3) is 0 Å². The van der Waals surface area contributed by atoms with Crippen molar-refractivity contribution in [2.75, 3.05) is 26.2 Å². The normalized spacial score (nSPS) is 14.6. The monoisotopic (exact) mass is 567 g/mol. The molecule has 4 heteroatoms. The van der Waals surface area contributed by atoms with Crippen molar-refractivity contribution in [1.29, 1.82) is 0 Å². The second kappa shape index (κ2) is 16.6. The molecule has 0 aromatic rings. The van der Waals surface area contributed by atoms with Gasteiger partial charge in [-0.25, -0.2) is 0 Å². The zero-order chi connectivity index (χ0) is 31.5. The van der Waals surface area contributed by atoms with Crippen LogP contribution in [0.2, 0.25) is 0 Å². The van der Waals surface area contributed by atoms with Gasteiger partial charge >= 0.3 is 0 Å². The van der Waals surface area contributed by atoms with E-state index in [4.69, 9.17) is 0 Å². The smallest absolute Gasteiger partial charge is 0.0130 e. The molecule has 40 heavy (non-hydrogen) atoms. The van der Waals surface area contributed by atoms with Crippen LogP contribution in [0.1, 0.15) is 175 Å². The van der Waals surface area contributed by atoms with Crippen LogP contribution in [-0.4, -0.2) is 69.2 Å². The molecule has 0 aliphatic carbocycles. The summed E-state index contributed by atoms with van der Waals surface area (Å²) in [4.78, 5) is 5.32. The number of hydrogen-bond donors (Lipinski definition) is 2. The number of nitrogens with zero attached hydrogens (tertiary/aromatic N) is 2. The highest BCUT2D eigenvalue weighted by atomic mass is 15.2. The minimum absolute atomic E-state index is 0.220. The van der Waals surface area contributed by atoms with E-state index in [1.807, 2.05) is 0 Å². The summed E-state index contributed by atoms with van der Waals surface area (Å²) in [5.74, 6) is 0. The summed E-state index contributed by atoms with van der Waals surface area (Å²) < 4.78 is 0. The Labute approximate surface area is 254 Å². The van der Waals surface area contributed by atoms with Gasteiger partial charge in [-0.3, -0.25) is 9.80 Å². The maximum Gasteiger partial charge on any atom is 0.0130 e. The molecule has 0 aliphatic heterocycles. The molecule has 0 unspecified atom stereocenters. The highest BCUT2D eigenvalue weighted by Crippen LogP contribution is 2.27. The predicted molar refractivity (Wildman–Crippen MR) is 183 cm³/mol. The topological polar surface area (TPSA) is 30.5 Å². The Hall–Kier alpha value is -0.160. The van der Waals surface area contributed by atoms with Crippen molar-refractivity contribution >= 4 is 0 Å². The molecule has 0 radical (unpaired) electrons. The molecule has 0 rings (SSSR count). The summed E-state index contributed by atoms with van der Waals surface area (Å²) in [6.45, 7) is 42.3. The van der Waals surface area contributed by atoms with Crippen molar-refractivity contribution in [3.05, 3.63) is 0 Å². The molecule has 242 valence electrons. The summed E-state index contributed by atoms with van der Waals surface area (Å²) in [5, 5.41) is 7.69. The van der Waals surface area contributed by atoms with Crippen LogP contribution in [-0.2, 0) is 0 Å². The third kappa shape index (κ3) is 18.4. The highest BCUT2D eigenvalue weighted by molar-refractivity contribution is 4.88. The lowest BCUT2D eigenvalue weighted by atomic mass is 9.93. The molecule has 0 bridgehead atoms. The van der Waals surface area contributed by atoms with Gasteiger partial charge in [-0.1, -0.05) is 25.7 Å². The minimum atomic E-state index is 0.220. The molecule has 0 spiro atoms. The standard InChI is InChI=1S/C36H78N4/c1-31(2,3)39(32(4,5)6)29-23-19-25-35(13,14)37-27-21-17-18-22-28-38-36(15,16)26-20-24-30-40(33(7,8)9)34(10,11)12/h37-38H,17-30H2,1-16H3. The second-order valence-electron chi connectivity index (χ2n) is 17.9. The van der Waals surface area contributed by atoms with Gasteiger partial charge in [0.2, 0.25) is 0 Å². The Kier molecular flexibility index (Phi) is 16.6. The van der Waals surface area contributed by atoms with Crippen molar-refractivity contribution in [3.8, 4) is 0 Å². The van der Waals surface area contributed by atoms with E-state index in [9.17, 15) is 0 Å². The molecule has 0 saturated heterocycles. The van der Waals surface area contributed by atoms with Gasteiger partial charge in [0.15, 0.2) is 0 Å². The average Bonchev–Trinajstić information content (AvgIpc) is 2.71. The average molecular weight is 567 g/mol. The van der Waals surface area contributed by atoms with Crippen LogP contribution in [0.15, 0.2) is 0 Å². The van der Waals surface area contributed by atoms with Gasteiger partial charge in [-0.2, -0.15) is 0 Å². The SMILES string of the molecule is CC(C)(CCCCN(C(C)(C)C)C(C)(C)C)NCCCCCCNC(C)(C)CCCCN(C(C)(C)C)C(C)(C)C. The number of hydrogen-bond acceptors (Lipinski definition) is 4. The number of rotatable bonds is 19. The van der Waals surface area contributed by atoms with Crippen LogP contribution < -0.4 is 10.6 Å². The Morgan fingerprint density at radius 1 is 0.350 bits per heavy atom. The second-order valence-corrected chi connectivity index (χ2v) is 17.9. The van der Waals surface area contributed by atoms with Crippen molar-refractivity contribution in [2.24, 2.45) is 0 Å². The van der Waals surface area contributed by atoms with Gasteiger partial charge < -0.3 is 10.6 Å². The lowest BCUT2D eigenvalue weighted by Gasteiger charge is -2.45. The predicted octanol–water partition coefficient (Wildman–Crippen LogP) is 9.42. The molecular formula is C36H78N4. The lowest BCUT2D eigenvalue weighted by molar-refractivity contribution is 0.0359. The van der Waals surface area contributed by atoms with Crippen molar-refractivity contribution < 1.29 is 0 Å². The fourth-order valence-corrected chi connectivity index (χ4v) is 6.66. The van der Waals surface area contributed by atoms with Gasteiger partial charge in [0.1, 0.15) is 0 Å². The van der Waals surface area contributed by atoms with Crippen LogP contribution in [0.4, 0.5) is 0 Å². The first-order valence-electron chi connectivity index (χ1n) is 16.9. The Morgan fingerprint density at radius 2 is 0.625 bits per heavy atom. The van der Waals surface area contributed by atoms with Gasteiger partial charge in [-0.15, -0.1) is 0 Å². The van der Waals surface area contributed by atoms with Gasteiger partial charge in [-0.05, 0) is 175 Å². The Morgan fingerprint density at radius 3 is 0.875 bits per heavy atom. The van der Waals surface area contributed by atoms with E-state index in [1.165, 1.54) is 77.3 Å². The van der Waals surface area contributed by atoms with Crippen molar-refractivity contribution in [2.45, 2.75) is 208 Å². The molecule has 0 amide bonds. The van der Waals surface area contributed by atoms with Gasteiger partial charge in [0.05, 0.1) is 0 Å². The zero-order valence-electron chi connectivity index (χ0n) is 30.8. The maximum atomic E-state index is 3.85. The maximum absolute atomic E-state index is 3.85. The first-order valence-corrected chi connectivity index (χ1v) is 16.9. The van der Waals surface area contributed by atoms with E-state index >= 15 is 0 Å².